The highest BCUT2D eigenvalue weighted by Crippen LogP contribution is 2.14. The van der Waals surface area contributed by atoms with Gasteiger partial charge in [-0.15, -0.1) is 0 Å². The Morgan fingerprint density at radius 3 is 2.89 bits per heavy atom. The van der Waals surface area contributed by atoms with Crippen molar-refractivity contribution in [1.82, 2.24) is 5.01 Å². The van der Waals surface area contributed by atoms with E-state index in [0.29, 0.717) is 19.4 Å². The van der Waals surface area contributed by atoms with Crippen LogP contribution in [0.3, 0.4) is 0 Å². The van der Waals surface area contributed by atoms with Gasteiger partial charge in [-0.25, -0.2) is 10.6 Å². The van der Waals surface area contributed by atoms with Gasteiger partial charge in [0.05, 0.1) is 19.1 Å². The van der Waals surface area contributed by atoms with Crippen molar-refractivity contribution < 1.29 is 19.4 Å². The highest BCUT2D eigenvalue weighted by molar-refractivity contribution is 5.85. The topological polar surface area (TPSA) is 92.9 Å². The predicted molar refractivity (Wildman–Crippen MR) is 65.2 cm³/mol. The van der Waals surface area contributed by atoms with Crippen LogP contribution in [0.4, 0.5) is 0 Å². The number of hydrazine groups is 1. The number of rotatable bonds is 7. The number of nitrogens with two attached hydrogens (primary N) is 1. The zero-order chi connectivity index (χ0) is 13.5. The smallest absolute Gasteiger partial charge is 0.330 e. The number of nitrogens with zero attached hydrogens (tertiary/aromatic N) is 1. The van der Waals surface area contributed by atoms with Crippen molar-refractivity contribution in [2.24, 2.45) is 5.84 Å². The molecule has 1 heterocycles. The molecule has 0 aromatic heterocycles. The Kier molecular flexibility index (Phi) is 6.07. The van der Waals surface area contributed by atoms with Gasteiger partial charge in [0.1, 0.15) is 6.04 Å². The highest BCUT2D eigenvalue weighted by atomic mass is 16.5. The summed E-state index contributed by atoms with van der Waals surface area (Å²) in [7, 11) is 0. The van der Waals surface area contributed by atoms with Crippen molar-refractivity contribution in [3.05, 3.63) is 0 Å². The number of unbranched alkanes of at least 4 members (excludes halogenated alkanes) is 2. The molecule has 0 saturated carbocycles. The van der Waals surface area contributed by atoms with Crippen LogP contribution >= 0.6 is 0 Å². The molecule has 6 nitrogen and oxygen atoms in total. The molecule has 104 valence electrons. The van der Waals surface area contributed by atoms with E-state index in [9.17, 15) is 14.7 Å². The SMILES string of the molecule is CCCCCC(O)CC(=O)N(N)C1CCOC1=O. The van der Waals surface area contributed by atoms with Crippen LogP contribution < -0.4 is 5.84 Å². The Hall–Kier alpha value is -1.14. The Labute approximate surface area is 107 Å². The van der Waals surface area contributed by atoms with E-state index in [2.05, 4.69) is 6.92 Å². The Morgan fingerprint density at radius 2 is 2.33 bits per heavy atom. The quantitative estimate of drug-likeness (QED) is 0.226. The summed E-state index contributed by atoms with van der Waals surface area (Å²) in [5, 5.41) is 10.6. The zero-order valence-corrected chi connectivity index (χ0v) is 10.8. The fraction of sp³-hybridized carbons (Fsp3) is 0.833. The summed E-state index contributed by atoms with van der Waals surface area (Å²) in [5.41, 5.74) is 0. The van der Waals surface area contributed by atoms with Crippen LogP contribution in [0.25, 0.3) is 0 Å². The van der Waals surface area contributed by atoms with E-state index >= 15 is 0 Å². The minimum Gasteiger partial charge on any atom is -0.464 e. The first-order chi connectivity index (χ1) is 8.56. The van der Waals surface area contributed by atoms with Crippen molar-refractivity contribution >= 4 is 11.9 Å². The highest BCUT2D eigenvalue weighted by Gasteiger charge is 2.34. The molecule has 1 aliphatic heterocycles. The van der Waals surface area contributed by atoms with Crippen LogP contribution in [-0.2, 0) is 14.3 Å². The van der Waals surface area contributed by atoms with E-state index in [-0.39, 0.29) is 6.42 Å². The molecule has 1 amide bonds. The summed E-state index contributed by atoms with van der Waals surface area (Å²) < 4.78 is 4.75. The summed E-state index contributed by atoms with van der Waals surface area (Å²) in [6.45, 7) is 2.37. The van der Waals surface area contributed by atoms with E-state index in [1.165, 1.54) is 0 Å². The van der Waals surface area contributed by atoms with Crippen molar-refractivity contribution in [1.29, 1.82) is 0 Å². The molecule has 2 unspecified atom stereocenters. The number of cyclic esters (lactones) is 1. The molecule has 0 aromatic rings. The Balaban J connectivity index is 2.32. The van der Waals surface area contributed by atoms with Gasteiger partial charge in [-0.2, -0.15) is 0 Å². The largest absolute Gasteiger partial charge is 0.464 e. The monoisotopic (exact) mass is 258 g/mol. The normalized spacial score (nSPS) is 20.6. The lowest BCUT2D eigenvalue weighted by Crippen LogP contribution is -2.48. The molecule has 0 aromatic carbocycles. The number of aliphatic hydroxyl groups is 1. The molecule has 0 bridgehead atoms. The number of carbonyl (C=O) groups is 2. The summed E-state index contributed by atoms with van der Waals surface area (Å²) in [6, 6.07) is -0.694. The molecule has 18 heavy (non-hydrogen) atoms. The minimum atomic E-state index is -0.694. The third-order valence-electron chi connectivity index (χ3n) is 3.08. The fourth-order valence-corrected chi connectivity index (χ4v) is 1.95. The maximum atomic E-state index is 11.8. The van der Waals surface area contributed by atoms with Crippen LogP contribution in [-0.4, -0.2) is 40.7 Å². The van der Waals surface area contributed by atoms with Crippen molar-refractivity contribution in [2.45, 2.75) is 57.6 Å². The van der Waals surface area contributed by atoms with E-state index in [1.807, 2.05) is 0 Å². The Morgan fingerprint density at radius 1 is 1.61 bits per heavy atom. The van der Waals surface area contributed by atoms with Crippen molar-refractivity contribution in [3.8, 4) is 0 Å². The number of amides is 1. The maximum absolute atomic E-state index is 11.8. The molecule has 0 spiro atoms. The summed E-state index contributed by atoms with van der Waals surface area (Å²) in [4.78, 5) is 23.0. The molecule has 6 heteroatoms. The number of hydrogen-bond donors (Lipinski definition) is 2. The van der Waals surface area contributed by atoms with Crippen LogP contribution in [0.15, 0.2) is 0 Å². The van der Waals surface area contributed by atoms with Gasteiger partial charge < -0.3 is 9.84 Å². The lowest BCUT2D eigenvalue weighted by molar-refractivity contribution is -0.149. The molecule has 1 aliphatic rings. The van der Waals surface area contributed by atoms with Crippen LogP contribution in [0, 0.1) is 0 Å². The van der Waals surface area contributed by atoms with Gasteiger partial charge in [-0.05, 0) is 6.42 Å². The molecule has 2 atom stereocenters. The van der Waals surface area contributed by atoms with E-state index in [1.54, 1.807) is 0 Å². The number of carbonyl (C=O) groups excluding carboxylic acids is 2. The zero-order valence-electron chi connectivity index (χ0n) is 10.8. The maximum Gasteiger partial charge on any atom is 0.330 e. The lowest BCUT2D eigenvalue weighted by Gasteiger charge is -2.22. The third-order valence-corrected chi connectivity index (χ3v) is 3.08. The first-order valence-corrected chi connectivity index (χ1v) is 6.47. The van der Waals surface area contributed by atoms with Crippen LogP contribution in [0.2, 0.25) is 0 Å². The van der Waals surface area contributed by atoms with Gasteiger partial charge in [0.15, 0.2) is 0 Å². The number of ether oxygens (including phenoxy) is 1. The lowest BCUT2D eigenvalue weighted by atomic mass is 10.1. The third kappa shape index (κ3) is 4.27. The Bertz CT molecular complexity index is 296. The van der Waals surface area contributed by atoms with Crippen LogP contribution in [0.5, 0.6) is 0 Å². The predicted octanol–water partition coefficient (Wildman–Crippen LogP) is 0.335. The van der Waals surface area contributed by atoms with Gasteiger partial charge in [-0.1, -0.05) is 26.2 Å². The molecule has 0 radical (unpaired) electrons. The second-order valence-electron chi connectivity index (χ2n) is 4.63. The summed E-state index contributed by atoms with van der Waals surface area (Å²) in [6.07, 6.45) is 3.28. The number of aliphatic hydroxyl groups excluding tert-OH is 1. The molecule has 0 aliphatic carbocycles. The van der Waals surface area contributed by atoms with Gasteiger partial charge in [0.25, 0.3) is 0 Å². The number of hydrogen-bond acceptors (Lipinski definition) is 5. The van der Waals surface area contributed by atoms with E-state index in [4.69, 9.17) is 10.6 Å². The van der Waals surface area contributed by atoms with E-state index < -0.39 is 24.0 Å². The summed E-state index contributed by atoms with van der Waals surface area (Å²) >= 11 is 0. The molecule has 1 saturated heterocycles. The minimum absolute atomic E-state index is 0.0377. The molecular formula is C12H22N2O4. The fourth-order valence-electron chi connectivity index (χ4n) is 1.95. The first kappa shape index (κ1) is 14.9. The molecule has 1 fully saturated rings. The standard InChI is InChI=1S/C12H22N2O4/c1-2-3-4-5-9(15)8-11(16)14(13)10-6-7-18-12(10)17/h9-10,15H,2-8,13H2,1H3. The van der Waals surface area contributed by atoms with Gasteiger partial charge >= 0.3 is 5.97 Å². The van der Waals surface area contributed by atoms with Crippen molar-refractivity contribution in [2.75, 3.05) is 6.61 Å². The second kappa shape index (κ2) is 7.33. The van der Waals surface area contributed by atoms with E-state index in [0.717, 1.165) is 24.3 Å². The second-order valence-corrected chi connectivity index (χ2v) is 4.63. The molecule has 3 N–H and O–H groups in total. The van der Waals surface area contributed by atoms with Gasteiger partial charge in [0, 0.05) is 6.42 Å². The first-order valence-electron chi connectivity index (χ1n) is 6.47. The number of esters is 1. The summed E-state index contributed by atoms with van der Waals surface area (Å²) in [5.74, 6) is 4.71. The average molecular weight is 258 g/mol. The van der Waals surface area contributed by atoms with Crippen molar-refractivity contribution in [3.63, 3.8) is 0 Å². The van der Waals surface area contributed by atoms with Gasteiger partial charge in [-0.3, -0.25) is 9.80 Å². The van der Waals surface area contributed by atoms with Crippen LogP contribution in [0.1, 0.15) is 45.4 Å². The van der Waals surface area contributed by atoms with Gasteiger partial charge in [0.2, 0.25) is 5.91 Å². The molecule has 1 rings (SSSR count). The molecular weight excluding hydrogens is 236 g/mol. The average Bonchev–Trinajstić information content (AvgIpc) is 2.74.